The highest BCUT2D eigenvalue weighted by molar-refractivity contribution is 7.89. The summed E-state index contributed by atoms with van der Waals surface area (Å²) >= 11 is 0. The van der Waals surface area contributed by atoms with Gasteiger partial charge in [0.25, 0.3) is 0 Å². The van der Waals surface area contributed by atoms with E-state index in [4.69, 9.17) is 0 Å². The Morgan fingerprint density at radius 1 is 1.33 bits per heavy atom. The first-order chi connectivity index (χ1) is 9.89. The van der Waals surface area contributed by atoms with Crippen molar-refractivity contribution in [3.63, 3.8) is 0 Å². The van der Waals surface area contributed by atoms with Gasteiger partial charge in [-0.1, -0.05) is 0 Å². The number of aromatic nitrogens is 2. The van der Waals surface area contributed by atoms with Crippen molar-refractivity contribution in [1.29, 1.82) is 0 Å². The fourth-order valence-electron chi connectivity index (χ4n) is 1.77. The van der Waals surface area contributed by atoms with E-state index in [1.165, 1.54) is 30.4 Å². The van der Waals surface area contributed by atoms with Crippen molar-refractivity contribution in [2.24, 2.45) is 0 Å². The van der Waals surface area contributed by atoms with Gasteiger partial charge in [0, 0.05) is 32.1 Å². The second kappa shape index (κ2) is 6.06. The van der Waals surface area contributed by atoms with E-state index in [2.05, 4.69) is 15.3 Å². The molecule has 0 aliphatic heterocycles. The fraction of sp³-hybridized carbons (Fsp3) is 0.231. The highest BCUT2D eigenvalue weighted by Crippen LogP contribution is 2.18. The molecule has 2 aromatic rings. The van der Waals surface area contributed by atoms with Crippen LogP contribution in [0.15, 0.2) is 41.6 Å². The lowest BCUT2D eigenvalue weighted by atomic mass is 10.3. The molecule has 0 spiro atoms. The second-order valence-corrected chi connectivity index (χ2v) is 6.55. The lowest BCUT2D eigenvalue weighted by Gasteiger charge is -2.16. The molecule has 0 saturated carbocycles. The topological polar surface area (TPSA) is 95.2 Å². The number of sulfonamides is 1. The van der Waals surface area contributed by atoms with Crippen molar-refractivity contribution in [3.05, 3.63) is 42.5 Å². The van der Waals surface area contributed by atoms with Crippen LogP contribution in [0.25, 0.3) is 0 Å². The fourth-order valence-corrected chi connectivity index (χ4v) is 2.91. The van der Waals surface area contributed by atoms with Gasteiger partial charge in [0.05, 0.1) is 11.4 Å². The number of hydrogen-bond donors (Lipinski definition) is 2. The summed E-state index contributed by atoms with van der Waals surface area (Å²) in [5.41, 5.74) is 0.551. The van der Waals surface area contributed by atoms with Crippen LogP contribution >= 0.6 is 0 Å². The van der Waals surface area contributed by atoms with Crippen LogP contribution in [-0.4, -0.2) is 35.6 Å². The Morgan fingerprint density at radius 2 is 2.00 bits per heavy atom. The molecule has 2 N–H and O–H groups in total. The van der Waals surface area contributed by atoms with Gasteiger partial charge in [0.1, 0.15) is 5.82 Å². The number of benzene rings is 1. The number of H-pyrrole nitrogens is 1. The zero-order chi connectivity index (χ0) is 15.5. The largest absolute Gasteiger partial charge is 0.347 e. The first-order valence-corrected chi connectivity index (χ1v) is 7.66. The van der Waals surface area contributed by atoms with Crippen LogP contribution in [0, 0.1) is 0 Å². The van der Waals surface area contributed by atoms with E-state index in [9.17, 15) is 13.2 Å². The molecular weight excluding hydrogens is 292 g/mol. The van der Waals surface area contributed by atoms with Gasteiger partial charge in [-0.3, -0.25) is 4.79 Å². The number of amides is 1. The van der Waals surface area contributed by atoms with E-state index < -0.39 is 10.0 Å². The highest BCUT2D eigenvalue weighted by Gasteiger charge is 2.21. The lowest BCUT2D eigenvalue weighted by molar-refractivity contribution is -0.114. The number of hydrogen-bond acceptors (Lipinski definition) is 4. The third kappa shape index (κ3) is 3.67. The van der Waals surface area contributed by atoms with Crippen molar-refractivity contribution < 1.29 is 13.2 Å². The molecule has 21 heavy (non-hydrogen) atoms. The zero-order valence-electron chi connectivity index (χ0n) is 11.7. The summed E-state index contributed by atoms with van der Waals surface area (Å²) in [6, 6.07) is 6.02. The summed E-state index contributed by atoms with van der Waals surface area (Å²) in [6.45, 7) is 1.55. The Morgan fingerprint density at radius 3 is 2.52 bits per heavy atom. The average Bonchev–Trinajstić information content (AvgIpc) is 2.91. The molecule has 0 unspecified atom stereocenters. The average molecular weight is 308 g/mol. The molecule has 2 rings (SSSR count). The number of carbonyl (C=O) groups is 1. The summed E-state index contributed by atoms with van der Waals surface area (Å²) in [7, 11) is -2.11. The van der Waals surface area contributed by atoms with Crippen molar-refractivity contribution in [1.82, 2.24) is 14.3 Å². The molecule has 0 fully saturated rings. The monoisotopic (exact) mass is 308 g/mol. The van der Waals surface area contributed by atoms with Gasteiger partial charge in [-0.2, -0.15) is 4.31 Å². The van der Waals surface area contributed by atoms with Crippen LogP contribution in [-0.2, 0) is 21.4 Å². The summed E-state index contributed by atoms with van der Waals surface area (Å²) in [5.74, 6) is 0.358. The standard InChI is InChI=1S/C13H16N4O3S/c1-10(18)16-11-3-5-12(6-4-11)21(19,20)17(2)9-13-14-7-8-15-13/h3-8H,9H2,1-2H3,(H,14,15)(H,16,18). The quantitative estimate of drug-likeness (QED) is 0.867. The predicted molar refractivity (Wildman–Crippen MR) is 78.0 cm³/mol. The van der Waals surface area contributed by atoms with Gasteiger partial charge in [-0.05, 0) is 24.3 Å². The summed E-state index contributed by atoms with van der Waals surface area (Å²) in [5, 5.41) is 2.59. The number of nitrogens with zero attached hydrogens (tertiary/aromatic N) is 2. The Bertz CT molecular complexity index is 708. The molecule has 0 bridgehead atoms. The summed E-state index contributed by atoms with van der Waals surface area (Å²) in [4.78, 5) is 17.9. The molecule has 0 saturated heterocycles. The van der Waals surface area contributed by atoms with Crippen LogP contribution in [0.1, 0.15) is 12.7 Å². The first kappa shape index (κ1) is 15.2. The third-order valence-electron chi connectivity index (χ3n) is 2.81. The molecule has 1 amide bonds. The maximum Gasteiger partial charge on any atom is 0.243 e. The van der Waals surface area contributed by atoms with E-state index in [0.717, 1.165) is 0 Å². The van der Waals surface area contributed by atoms with Gasteiger partial charge in [0.15, 0.2) is 0 Å². The minimum atomic E-state index is -3.60. The zero-order valence-corrected chi connectivity index (χ0v) is 12.5. The molecule has 0 aliphatic rings. The van der Waals surface area contributed by atoms with Crippen LogP contribution in [0.5, 0.6) is 0 Å². The molecule has 112 valence electrons. The van der Waals surface area contributed by atoms with Crippen molar-refractivity contribution >= 4 is 21.6 Å². The molecule has 0 atom stereocenters. The molecule has 1 aromatic carbocycles. The van der Waals surface area contributed by atoms with E-state index in [-0.39, 0.29) is 17.3 Å². The lowest BCUT2D eigenvalue weighted by Crippen LogP contribution is -2.27. The molecule has 8 heteroatoms. The van der Waals surface area contributed by atoms with Gasteiger partial charge in [-0.25, -0.2) is 13.4 Å². The predicted octanol–water partition coefficient (Wildman–Crippen LogP) is 1.19. The number of anilines is 1. The third-order valence-corrected chi connectivity index (χ3v) is 4.63. The maximum atomic E-state index is 12.4. The van der Waals surface area contributed by atoms with Crippen molar-refractivity contribution in [3.8, 4) is 0 Å². The first-order valence-electron chi connectivity index (χ1n) is 6.22. The number of imidazole rings is 1. The Kier molecular flexibility index (Phi) is 4.39. The Labute approximate surface area is 123 Å². The van der Waals surface area contributed by atoms with Gasteiger partial charge in [-0.15, -0.1) is 0 Å². The number of carbonyl (C=O) groups excluding carboxylic acids is 1. The number of nitrogens with one attached hydrogen (secondary N) is 2. The summed E-state index contributed by atoms with van der Waals surface area (Å²) in [6.07, 6.45) is 3.20. The van der Waals surface area contributed by atoms with Gasteiger partial charge < -0.3 is 10.3 Å². The number of aromatic amines is 1. The molecule has 7 nitrogen and oxygen atoms in total. The maximum absolute atomic E-state index is 12.4. The molecule has 1 heterocycles. The van der Waals surface area contributed by atoms with Gasteiger partial charge >= 0.3 is 0 Å². The highest BCUT2D eigenvalue weighted by atomic mass is 32.2. The SMILES string of the molecule is CC(=O)Nc1ccc(S(=O)(=O)N(C)Cc2ncc[nH]2)cc1. The molecule has 0 aliphatic carbocycles. The van der Waals surface area contributed by atoms with E-state index in [1.54, 1.807) is 24.5 Å². The van der Waals surface area contributed by atoms with Crippen LogP contribution < -0.4 is 5.32 Å². The van der Waals surface area contributed by atoms with Crippen molar-refractivity contribution in [2.45, 2.75) is 18.4 Å². The Balaban J connectivity index is 2.16. The van der Waals surface area contributed by atoms with E-state index in [1.807, 2.05) is 0 Å². The minimum Gasteiger partial charge on any atom is -0.347 e. The molecule has 1 aromatic heterocycles. The minimum absolute atomic E-state index is 0.156. The molecular formula is C13H16N4O3S. The van der Waals surface area contributed by atoms with Gasteiger partial charge in [0.2, 0.25) is 15.9 Å². The van der Waals surface area contributed by atoms with E-state index in [0.29, 0.717) is 11.5 Å². The van der Waals surface area contributed by atoms with Crippen LogP contribution in [0.4, 0.5) is 5.69 Å². The molecule has 0 radical (unpaired) electrons. The smallest absolute Gasteiger partial charge is 0.243 e. The normalized spacial score (nSPS) is 11.6. The number of rotatable bonds is 5. The van der Waals surface area contributed by atoms with E-state index >= 15 is 0 Å². The van der Waals surface area contributed by atoms with Crippen LogP contribution in [0.2, 0.25) is 0 Å². The second-order valence-electron chi connectivity index (χ2n) is 4.50. The van der Waals surface area contributed by atoms with Crippen molar-refractivity contribution in [2.75, 3.05) is 12.4 Å². The summed E-state index contributed by atoms with van der Waals surface area (Å²) < 4.78 is 26.0. The van der Waals surface area contributed by atoms with Crippen LogP contribution in [0.3, 0.4) is 0 Å². The Hall–Kier alpha value is -2.19.